The Morgan fingerprint density at radius 3 is 2.14 bits per heavy atom. The molecule has 0 amide bonds. The van der Waals surface area contributed by atoms with E-state index in [2.05, 4.69) is 47.6 Å². The van der Waals surface area contributed by atoms with Crippen molar-refractivity contribution in [3.63, 3.8) is 0 Å². The molecule has 6 unspecified atom stereocenters. The minimum atomic E-state index is -0.902. The number of fused-ring (bicyclic) bond motifs is 5. The molecular weight excluding hydrogens is 440 g/mol. The highest BCUT2D eigenvalue weighted by atomic mass is 16.5. The Balaban J connectivity index is 1.55. The van der Waals surface area contributed by atoms with Gasteiger partial charge in [-0.1, -0.05) is 46.3 Å². The second-order valence-corrected chi connectivity index (χ2v) is 15.2. The Labute approximate surface area is 212 Å². The summed E-state index contributed by atoms with van der Waals surface area (Å²) in [6.07, 6.45) is 6.50. The monoisotopic (exact) mass is 490 g/mol. The van der Waals surface area contributed by atoms with Crippen LogP contribution in [-0.4, -0.2) is 56.0 Å². The molecule has 35 heavy (non-hydrogen) atoms. The molecule has 0 aromatic rings. The van der Waals surface area contributed by atoms with E-state index in [-0.39, 0.29) is 45.5 Å². The van der Waals surface area contributed by atoms with Crippen molar-refractivity contribution in [3.05, 3.63) is 11.6 Å². The van der Waals surface area contributed by atoms with E-state index in [1.165, 1.54) is 5.57 Å². The molecule has 11 atom stereocenters. The summed E-state index contributed by atoms with van der Waals surface area (Å²) in [6.45, 7) is 17.1. The van der Waals surface area contributed by atoms with Crippen molar-refractivity contribution < 1.29 is 25.2 Å². The first kappa shape index (κ1) is 26.2. The van der Waals surface area contributed by atoms with Gasteiger partial charge in [0, 0.05) is 11.8 Å². The van der Waals surface area contributed by atoms with Crippen molar-refractivity contribution in [1.29, 1.82) is 0 Å². The predicted octanol–water partition coefficient (Wildman–Crippen LogP) is 4.60. The fourth-order valence-electron chi connectivity index (χ4n) is 10.6. The van der Waals surface area contributed by atoms with Gasteiger partial charge in [0.2, 0.25) is 0 Å². The molecule has 5 heteroatoms. The summed E-state index contributed by atoms with van der Waals surface area (Å²) in [6, 6.07) is 0. The van der Waals surface area contributed by atoms with E-state index in [4.69, 9.17) is 4.74 Å². The molecule has 200 valence electrons. The number of aliphatic hydroxyl groups is 4. The Morgan fingerprint density at radius 2 is 1.54 bits per heavy atom. The van der Waals surface area contributed by atoms with Crippen LogP contribution in [-0.2, 0) is 4.74 Å². The first-order chi connectivity index (χ1) is 15.9. The second-order valence-electron chi connectivity index (χ2n) is 15.2. The van der Waals surface area contributed by atoms with Gasteiger partial charge >= 0.3 is 0 Å². The maximum absolute atomic E-state index is 11.7. The number of hydrogen-bond donors (Lipinski definition) is 4. The van der Waals surface area contributed by atoms with Crippen LogP contribution in [0.15, 0.2) is 11.6 Å². The number of hydrogen-bond acceptors (Lipinski definition) is 5. The van der Waals surface area contributed by atoms with Gasteiger partial charge in [0.15, 0.2) is 0 Å². The van der Waals surface area contributed by atoms with Gasteiger partial charge in [-0.3, -0.25) is 0 Å². The third-order valence-corrected chi connectivity index (χ3v) is 12.5. The molecule has 1 saturated heterocycles. The van der Waals surface area contributed by atoms with Gasteiger partial charge in [0.05, 0.1) is 35.6 Å². The van der Waals surface area contributed by atoms with E-state index in [1.807, 2.05) is 13.8 Å². The van der Waals surface area contributed by atoms with Gasteiger partial charge in [-0.15, -0.1) is 0 Å². The van der Waals surface area contributed by atoms with Crippen LogP contribution in [0.25, 0.3) is 0 Å². The largest absolute Gasteiger partial charge is 0.393 e. The molecule has 0 spiro atoms. The number of allylic oxidation sites excluding steroid dienone is 2. The Bertz CT molecular complexity index is 905. The number of rotatable bonds is 2. The van der Waals surface area contributed by atoms with E-state index in [1.54, 1.807) is 0 Å². The first-order valence-corrected chi connectivity index (χ1v) is 14.1. The quantitative estimate of drug-likeness (QED) is 0.425. The molecule has 4 aliphatic carbocycles. The van der Waals surface area contributed by atoms with Crippen LogP contribution in [0.3, 0.4) is 0 Å². The first-order valence-electron chi connectivity index (χ1n) is 14.1. The van der Waals surface area contributed by atoms with Gasteiger partial charge in [-0.25, -0.2) is 0 Å². The number of ether oxygens (including phenoxy) is 1. The Morgan fingerprint density at radius 1 is 0.886 bits per heavy atom. The van der Waals surface area contributed by atoms with Crippen LogP contribution in [0.5, 0.6) is 0 Å². The highest BCUT2D eigenvalue weighted by Gasteiger charge is 2.71. The van der Waals surface area contributed by atoms with E-state index < -0.39 is 29.5 Å². The summed E-state index contributed by atoms with van der Waals surface area (Å²) < 4.78 is 6.62. The third kappa shape index (κ3) is 3.30. The van der Waals surface area contributed by atoms with Gasteiger partial charge in [0.1, 0.15) is 0 Å². The van der Waals surface area contributed by atoms with Crippen LogP contribution in [0.2, 0.25) is 0 Å². The lowest BCUT2D eigenvalue weighted by molar-refractivity contribution is -0.183. The minimum Gasteiger partial charge on any atom is -0.393 e. The van der Waals surface area contributed by atoms with Gasteiger partial charge < -0.3 is 25.2 Å². The molecule has 4 fully saturated rings. The highest BCUT2D eigenvalue weighted by Crippen LogP contribution is 2.74. The maximum atomic E-state index is 11.7. The summed E-state index contributed by atoms with van der Waals surface area (Å²) in [5, 5.41) is 44.8. The van der Waals surface area contributed by atoms with Crippen molar-refractivity contribution in [2.75, 3.05) is 0 Å². The molecule has 5 aliphatic rings. The van der Waals surface area contributed by atoms with Gasteiger partial charge in [-0.05, 0) is 93.3 Å². The predicted molar refractivity (Wildman–Crippen MR) is 137 cm³/mol. The summed E-state index contributed by atoms with van der Waals surface area (Å²) >= 11 is 0. The van der Waals surface area contributed by atoms with E-state index in [0.717, 1.165) is 32.1 Å². The lowest BCUT2D eigenvalue weighted by Crippen LogP contribution is -2.62. The van der Waals surface area contributed by atoms with Crippen LogP contribution in [0, 0.1) is 39.4 Å². The van der Waals surface area contributed by atoms with Gasteiger partial charge in [0.25, 0.3) is 0 Å². The molecule has 0 radical (unpaired) electrons. The Kier molecular flexibility index (Phi) is 5.65. The minimum absolute atomic E-state index is 0.0274. The molecule has 5 nitrogen and oxygen atoms in total. The molecule has 0 aromatic carbocycles. The summed E-state index contributed by atoms with van der Waals surface area (Å²) in [7, 11) is 0. The van der Waals surface area contributed by atoms with Crippen LogP contribution >= 0.6 is 0 Å². The molecular formula is C30H50O5. The van der Waals surface area contributed by atoms with Crippen LogP contribution in [0.1, 0.15) is 100 Å². The fraction of sp³-hybridized carbons (Fsp3) is 0.933. The van der Waals surface area contributed by atoms with Crippen LogP contribution < -0.4 is 0 Å². The van der Waals surface area contributed by atoms with Crippen molar-refractivity contribution >= 4 is 0 Å². The SMILES string of the molecule is CC(C)(O)[C@@H]1CC[C@](C)(C2C(O)C[C@@]3(C)C4C[C@H](O)[C@@H]5C(C)(CCC(O)C5(C)C)C4=CCC23C)O1. The topological polar surface area (TPSA) is 90.2 Å². The summed E-state index contributed by atoms with van der Waals surface area (Å²) in [5.41, 5.74) is -0.731. The lowest BCUT2D eigenvalue weighted by atomic mass is 9.40. The van der Waals surface area contributed by atoms with Crippen molar-refractivity contribution in [2.45, 2.75) is 136 Å². The van der Waals surface area contributed by atoms with E-state index in [0.29, 0.717) is 12.8 Å². The average molecular weight is 491 g/mol. The Hall–Kier alpha value is -0.460. The molecule has 1 heterocycles. The second kappa shape index (κ2) is 7.56. The molecule has 0 aromatic heterocycles. The van der Waals surface area contributed by atoms with Crippen LogP contribution in [0.4, 0.5) is 0 Å². The van der Waals surface area contributed by atoms with Crippen molar-refractivity contribution in [3.8, 4) is 0 Å². The zero-order valence-corrected chi connectivity index (χ0v) is 23.3. The maximum Gasteiger partial charge on any atom is 0.0865 e. The molecule has 5 rings (SSSR count). The highest BCUT2D eigenvalue weighted by molar-refractivity contribution is 5.35. The number of aliphatic hydroxyl groups excluding tert-OH is 3. The van der Waals surface area contributed by atoms with E-state index in [9.17, 15) is 20.4 Å². The van der Waals surface area contributed by atoms with Crippen molar-refractivity contribution in [1.82, 2.24) is 0 Å². The molecule has 1 aliphatic heterocycles. The smallest absolute Gasteiger partial charge is 0.0865 e. The standard InChI is InChI=1S/C30H50O5/c1-25(2)21(33)10-12-27(5)17-9-13-28(6)24(30(8)14-11-22(35-30)26(3,4)34)20(32)16-29(28,7)18(17)15-19(31)23(25)27/h9,18-24,31-34H,10-16H2,1-8H3/t18?,19-,20?,21?,22-,23-,24?,27?,28?,29-,30+/m0/s1. The zero-order valence-electron chi connectivity index (χ0n) is 23.3. The van der Waals surface area contributed by atoms with Gasteiger partial charge in [-0.2, -0.15) is 0 Å². The van der Waals surface area contributed by atoms with Crippen molar-refractivity contribution in [2.24, 2.45) is 39.4 Å². The zero-order chi connectivity index (χ0) is 26.0. The molecule has 0 bridgehead atoms. The molecule has 3 saturated carbocycles. The summed E-state index contributed by atoms with van der Waals surface area (Å²) in [5.74, 6) is 0.204. The summed E-state index contributed by atoms with van der Waals surface area (Å²) in [4.78, 5) is 0. The fourth-order valence-corrected chi connectivity index (χ4v) is 10.6. The third-order valence-electron chi connectivity index (χ3n) is 12.5. The lowest BCUT2D eigenvalue weighted by Gasteiger charge is -2.65. The normalized spacial score (nSPS) is 55.7. The van der Waals surface area contributed by atoms with E-state index >= 15 is 0 Å². The molecule has 4 N–H and O–H groups in total. The average Bonchev–Trinajstić information content (AvgIpc) is 3.20.